The molecule has 2 aromatic heterocycles. The van der Waals surface area contributed by atoms with Gasteiger partial charge in [-0.25, -0.2) is 4.98 Å². The van der Waals surface area contributed by atoms with Crippen molar-refractivity contribution in [1.29, 1.82) is 0 Å². The summed E-state index contributed by atoms with van der Waals surface area (Å²) in [5, 5.41) is 13.9. The molecule has 3 aromatic rings. The molecule has 0 bridgehead atoms. The number of pyridine rings is 1. The number of aromatic nitrogens is 2. The number of aliphatic hydroxyl groups is 1. The summed E-state index contributed by atoms with van der Waals surface area (Å²) >= 11 is 0. The van der Waals surface area contributed by atoms with Gasteiger partial charge < -0.3 is 19.7 Å². The number of aliphatic hydroxyl groups excluding tert-OH is 1. The highest BCUT2D eigenvalue weighted by atomic mass is 16.5. The first-order chi connectivity index (χ1) is 16.5. The van der Waals surface area contributed by atoms with Crippen LogP contribution in [0.25, 0.3) is 5.82 Å². The molecular formula is C29H41N3O2. The number of nitrogens with zero attached hydrogens (tertiary/aromatic N) is 2. The van der Waals surface area contributed by atoms with Crippen molar-refractivity contribution in [1.82, 2.24) is 14.9 Å². The molecule has 34 heavy (non-hydrogen) atoms. The van der Waals surface area contributed by atoms with Gasteiger partial charge in [0.25, 0.3) is 0 Å². The Morgan fingerprint density at radius 1 is 1.00 bits per heavy atom. The Morgan fingerprint density at radius 3 is 2.41 bits per heavy atom. The maximum absolute atomic E-state index is 10.3. The third-order valence-corrected chi connectivity index (χ3v) is 6.34. The zero-order chi connectivity index (χ0) is 24.3. The summed E-state index contributed by atoms with van der Waals surface area (Å²) in [7, 11) is 0. The van der Waals surface area contributed by atoms with E-state index in [0.29, 0.717) is 13.0 Å². The quantitative estimate of drug-likeness (QED) is 0.318. The van der Waals surface area contributed by atoms with Gasteiger partial charge in [-0.3, -0.25) is 0 Å². The van der Waals surface area contributed by atoms with Crippen LogP contribution >= 0.6 is 0 Å². The molecule has 2 atom stereocenters. The summed E-state index contributed by atoms with van der Waals surface area (Å²) in [6, 6.07) is 18.9. The minimum Gasteiger partial charge on any atom is -0.396 e. The minimum absolute atomic E-state index is 0.0288. The minimum atomic E-state index is -0.0774. The smallest absolute Gasteiger partial charge is 0.137 e. The molecule has 0 amide bonds. The Kier molecular flexibility index (Phi) is 10.3. The Morgan fingerprint density at radius 2 is 1.74 bits per heavy atom. The van der Waals surface area contributed by atoms with Crippen molar-refractivity contribution in [3.05, 3.63) is 82.8 Å². The maximum Gasteiger partial charge on any atom is 0.137 e. The van der Waals surface area contributed by atoms with Crippen molar-refractivity contribution in [3.8, 4) is 5.82 Å². The standard InChI is InChI=1S/C29H41N3O2/c1-5-6-10-15-34-28(20-30-19-25-11-8-7-9-12-25)26(21-33)18-27-16-22(2)17-29(31-27)32-23(3)13-14-24(32)4/h7-9,11-14,16-17,26,28,30,33H,5-6,10,15,18-21H2,1-4H3. The van der Waals surface area contributed by atoms with Crippen LogP contribution in [0.15, 0.2) is 54.6 Å². The summed E-state index contributed by atoms with van der Waals surface area (Å²) in [6.07, 6.45) is 3.97. The van der Waals surface area contributed by atoms with Gasteiger partial charge in [-0.2, -0.15) is 0 Å². The lowest BCUT2D eigenvalue weighted by Crippen LogP contribution is -2.38. The lowest BCUT2D eigenvalue weighted by Gasteiger charge is -2.27. The molecule has 0 fully saturated rings. The van der Waals surface area contributed by atoms with Gasteiger partial charge >= 0.3 is 0 Å². The van der Waals surface area contributed by atoms with Crippen molar-refractivity contribution in [2.75, 3.05) is 19.8 Å². The lowest BCUT2D eigenvalue weighted by atomic mass is 9.96. The molecule has 0 radical (unpaired) electrons. The first-order valence-corrected chi connectivity index (χ1v) is 12.6. The van der Waals surface area contributed by atoms with Crippen LogP contribution in [0.5, 0.6) is 0 Å². The van der Waals surface area contributed by atoms with Crippen LogP contribution in [0.4, 0.5) is 0 Å². The van der Waals surface area contributed by atoms with Gasteiger partial charge in [-0.05, 0) is 69.0 Å². The van der Waals surface area contributed by atoms with E-state index in [9.17, 15) is 5.11 Å². The molecule has 5 nitrogen and oxygen atoms in total. The number of unbranched alkanes of at least 4 members (excludes halogenated alkanes) is 2. The van der Waals surface area contributed by atoms with Crippen LogP contribution in [-0.2, 0) is 17.7 Å². The van der Waals surface area contributed by atoms with Gasteiger partial charge in [0.15, 0.2) is 0 Å². The fraction of sp³-hybridized carbons (Fsp3) is 0.483. The predicted octanol–water partition coefficient (Wildman–Crippen LogP) is 5.31. The van der Waals surface area contributed by atoms with Gasteiger partial charge in [0, 0.05) is 49.3 Å². The first-order valence-electron chi connectivity index (χ1n) is 12.6. The van der Waals surface area contributed by atoms with Crippen molar-refractivity contribution in [2.45, 2.75) is 66.0 Å². The maximum atomic E-state index is 10.3. The topological polar surface area (TPSA) is 59.3 Å². The Balaban J connectivity index is 1.73. The van der Waals surface area contributed by atoms with E-state index in [-0.39, 0.29) is 18.6 Å². The molecule has 2 unspecified atom stereocenters. The summed E-state index contributed by atoms with van der Waals surface area (Å²) < 4.78 is 8.51. The van der Waals surface area contributed by atoms with Crippen molar-refractivity contribution in [3.63, 3.8) is 0 Å². The molecular weight excluding hydrogens is 422 g/mol. The molecule has 0 aliphatic heterocycles. The number of ether oxygens (including phenoxy) is 1. The molecule has 0 spiro atoms. The van der Waals surface area contributed by atoms with E-state index >= 15 is 0 Å². The third-order valence-electron chi connectivity index (χ3n) is 6.34. The summed E-state index contributed by atoms with van der Waals surface area (Å²) in [4.78, 5) is 4.98. The second kappa shape index (κ2) is 13.4. The fourth-order valence-corrected chi connectivity index (χ4v) is 4.45. The van der Waals surface area contributed by atoms with E-state index < -0.39 is 0 Å². The molecule has 0 saturated carbocycles. The molecule has 2 N–H and O–H groups in total. The molecule has 0 aliphatic rings. The summed E-state index contributed by atoms with van der Waals surface area (Å²) in [5.41, 5.74) is 5.75. The SMILES string of the molecule is CCCCCOC(CNCc1ccccc1)C(CO)Cc1cc(C)cc(-n2c(C)ccc2C)n1. The van der Waals surface area contributed by atoms with Gasteiger partial charge in [0.2, 0.25) is 0 Å². The Labute approximate surface area is 205 Å². The first kappa shape index (κ1) is 26.1. The van der Waals surface area contributed by atoms with Crippen LogP contribution in [0, 0.1) is 26.7 Å². The fourth-order valence-electron chi connectivity index (χ4n) is 4.45. The molecule has 184 valence electrons. The van der Waals surface area contributed by atoms with Crippen LogP contribution in [0.3, 0.4) is 0 Å². The van der Waals surface area contributed by atoms with E-state index in [2.05, 4.69) is 86.1 Å². The molecule has 3 rings (SSSR count). The zero-order valence-corrected chi connectivity index (χ0v) is 21.3. The Hall–Kier alpha value is -2.47. The molecule has 0 saturated heterocycles. The lowest BCUT2D eigenvalue weighted by molar-refractivity contribution is -0.00743. The predicted molar refractivity (Wildman–Crippen MR) is 139 cm³/mol. The highest BCUT2D eigenvalue weighted by Gasteiger charge is 2.23. The third kappa shape index (κ3) is 7.52. The normalized spacial score (nSPS) is 13.2. The molecule has 0 aliphatic carbocycles. The van der Waals surface area contributed by atoms with E-state index in [4.69, 9.17) is 9.72 Å². The highest BCUT2D eigenvalue weighted by Crippen LogP contribution is 2.20. The number of rotatable bonds is 14. The highest BCUT2D eigenvalue weighted by molar-refractivity contribution is 5.35. The average Bonchev–Trinajstić information content (AvgIpc) is 3.17. The summed E-state index contributed by atoms with van der Waals surface area (Å²) in [5.74, 6) is 0.910. The van der Waals surface area contributed by atoms with Crippen LogP contribution in [0.1, 0.15) is 54.4 Å². The van der Waals surface area contributed by atoms with Crippen molar-refractivity contribution >= 4 is 0 Å². The van der Waals surface area contributed by atoms with E-state index in [0.717, 1.165) is 43.9 Å². The number of benzene rings is 1. The van der Waals surface area contributed by atoms with Crippen LogP contribution in [0.2, 0.25) is 0 Å². The van der Waals surface area contributed by atoms with Gasteiger partial charge in [-0.1, -0.05) is 50.1 Å². The average molecular weight is 464 g/mol. The van der Waals surface area contributed by atoms with Gasteiger partial charge in [0.05, 0.1) is 6.10 Å². The summed E-state index contributed by atoms with van der Waals surface area (Å²) in [6.45, 7) is 10.8. The van der Waals surface area contributed by atoms with Gasteiger partial charge in [0.1, 0.15) is 5.82 Å². The van der Waals surface area contributed by atoms with Crippen LogP contribution in [-0.4, -0.2) is 40.5 Å². The number of nitrogens with one attached hydrogen (secondary N) is 1. The van der Waals surface area contributed by atoms with E-state index in [1.807, 2.05) is 6.07 Å². The van der Waals surface area contributed by atoms with Crippen molar-refractivity contribution < 1.29 is 9.84 Å². The zero-order valence-electron chi connectivity index (χ0n) is 21.3. The van der Waals surface area contributed by atoms with E-state index in [1.165, 1.54) is 22.5 Å². The Bertz CT molecular complexity index is 980. The second-order valence-corrected chi connectivity index (χ2v) is 9.33. The van der Waals surface area contributed by atoms with Crippen LogP contribution < -0.4 is 5.32 Å². The monoisotopic (exact) mass is 463 g/mol. The molecule has 5 heteroatoms. The number of hydrogen-bond donors (Lipinski definition) is 2. The van der Waals surface area contributed by atoms with Crippen molar-refractivity contribution in [2.24, 2.45) is 5.92 Å². The molecule has 1 aromatic carbocycles. The number of aryl methyl sites for hydroxylation is 3. The number of hydrogen-bond acceptors (Lipinski definition) is 4. The molecule has 2 heterocycles. The van der Waals surface area contributed by atoms with E-state index in [1.54, 1.807) is 0 Å². The van der Waals surface area contributed by atoms with Gasteiger partial charge in [-0.15, -0.1) is 0 Å². The largest absolute Gasteiger partial charge is 0.396 e. The second-order valence-electron chi connectivity index (χ2n) is 9.33.